The second-order valence-electron chi connectivity index (χ2n) is 11.7. The molecule has 1 unspecified atom stereocenters. The Morgan fingerprint density at radius 2 is 1.04 bits per heavy atom. The SMILES string of the molecule is CC(=O)c1cccc(C(=O)c2cccc(C)c2OC(Oc2c(C(C)=O)cccc2C(=O)c2cccc(C)c2O)c2cc(C)ccc2F)c1O. The Morgan fingerprint density at radius 3 is 1.65 bits per heavy atom. The van der Waals surface area contributed by atoms with Gasteiger partial charge in [-0.25, -0.2) is 4.39 Å². The van der Waals surface area contributed by atoms with E-state index in [0.29, 0.717) is 16.7 Å². The highest BCUT2D eigenvalue weighted by Crippen LogP contribution is 2.38. The van der Waals surface area contributed by atoms with Gasteiger partial charge < -0.3 is 19.7 Å². The third-order valence-corrected chi connectivity index (χ3v) is 8.09. The molecule has 0 spiro atoms. The molecule has 2 N–H and O–H groups in total. The molecule has 0 heterocycles. The van der Waals surface area contributed by atoms with Gasteiger partial charge in [0.2, 0.25) is 11.6 Å². The number of para-hydroxylation sites is 4. The van der Waals surface area contributed by atoms with Crippen LogP contribution in [-0.4, -0.2) is 33.3 Å². The fraction of sp³-hybridized carbons (Fsp3) is 0.150. The zero-order valence-corrected chi connectivity index (χ0v) is 27.5. The Hall–Kier alpha value is -6.09. The van der Waals surface area contributed by atoms with Crippen LogP contribution in [0.1, 0.15) is 95.0 Å². The maximum absolute atomic E-state index is 15.6. The number of ketones is 4. The summed E-state index contributed by atoms with van der Waals surface area (Å²) in [5, 5.41) is 21.6. The van der Waals surface area contributed by atoms with Gasteiger partial charge in [-0.3, -0.25) is 19.2 Å². The van der Waals surface area contributed by atoms with E-state index in [4.69, 9.17) is 9.47 Å². The van der Waals surface area contributed by atoms with Crippen molar-refractivity contribution >= 4 is 23.1 Å². The van der Waals surface area contributed by atoms with Gasteiger partial charge in [0.05, 0.1) is 38.9 Å². The number of Topliss-reactive ketones (excluding diaryl/α,β-unsaturated/α-hetero) is 2. The first-order chi connectivity index (χ1) is 23.3. The van der Waals surface area contributed by atoms with Crippen LogP contribution in [-0.2, 0) is 0 Å². The number of aromatic hydroxyl groups is 2. The average Bonchev–Trinajstić information content (AvgIpc) is 3.06. The molecule has 5 rings (SSSR count). The molecule has 0 bridgehead atoms. The molecule has 8 nitrogen and oxygen atoms in total. The van der Waals surface area contributed by atoms with Crippen molar-refractivity contribution in [2.75, 3.05) is 0 Å². The van der Waals surface area contributed by atoms with Crippen molar-refractivity contribution in [1.82, 2.24) is 0 Å². The molecule has 0 radical (unpaired) electrons. The van der Waals surface area contributed by atoms with E-state index in [0.717, 1.165) is 0 Å². The van der Waals surface area contributed by atoms with Gasteiger partial charge >= 0.3 is 0 Å². The predicted octanol–water partition coefficient (Wildman–Crippen LogP) is 8.19. The fourth-order valence-electron chi connectivity index (χ4n) is 5.46. The maximum Gasteiger partial charge on any atom is 0.270 e. The van der Waals surface area contributed by atoms with Crippen molar-refractivity contribution < 1.29 is 43.3 Å². The van der Waals surface area contributed by atoms with Crippen molar-refractivity contribution in [2.24, 2.45) is 0 Å². The molecule has 5 aromatic carbocycles. The first kappa shape index (κ1) is 34.3. The standard InChI is InChI=1S/C40H33FO8/c1-21-18-19-33(41)32(20-21)40(48-38-23(3)11-7-16-30(38)37(47)29-15-8-12-26(24(4)42)35(29)45)49-39-27(25(5)43)13-9-17-31(39)36(46)28-14-6-10-22(2)34(28)44/h6-20,40,44-45H,1-5H3. The Bertz CT molecular complexity index is 2150. The lowest BCUT2D eigenvalue weighted by atomic mass is 9.96. The Kier molecular flexibility index (Phi) is 9.75. The van der Waals surface area contributed by atoms with Crippen LogP contribution in [0.2, 0.25) is 0 Å². The van der Waals surface area contributed by atoms with Gasteiger partial charge in [-0.15, -0.1) is 0 Å². The van der Waals surface area contributed by atoms with Crippen LogP contribution in [0.4, 0.5) is 4.39 Å². The minimum absolute atomic E-state index is 0.00768. The zero-order valence-electron chi connectivity index (χ0n) is 27.5. The largest absolute Gasteiger partial charge is 0.507 e. The Balaban J connectivity index is 1.69. The van der Waals surface area contributed by atoms with Gasteiger partial charge in [0.15, 0.2) is 11.6 Å². The van der Waals surface area contributed by atoms with Crippen molar-refractivity contribution in [3.05, 3.63) is 152 Å². The van der Waals surface area contributed by atoms with Gasteiger partial charge in [-0.05, 0) is 94.3 Å². The van der Waals surface area contributed by atoms with Crippen LogP contribution in [0, 0.1) is 26.6 Å². The number of phenols is 2. The second-order valence-corrected chi connectivity index (χ2v) is 11.7. The highest BCUT2D eigenvalue weighted by molar-refractivity contribution is 6.15. The minimum atomic E-state index is -1.66. The molecule has 0 amide bonds. The smallest absolute Gasteiger partial charge is 0.270 e. The lowest BCUT2D eigenvalue weighted by Gasteiger charge is -2.26. The van der Waals surface area contributed by atoms with Crippen molar-refractivity contribution in [3.63, 3.8) is 0 Å². The van der Waals surface area contributed by atoms with Gasteiger partial charge in [-0.2, -0.15) is 0 Å². The number of phenolic OH excluding ortho intramolecular Hbond substituents is 2. The molecule has 1 atom stereocenters. The van der Waals surface area contributed by atoms with Crippen molar-refractivity contribution in [3.8, 4) is 23.0 Å². The topological polar surface area (TPSA) is 127 Å². The summed E-state index contributed by atoms with van der Waals surface area (Å²) >= 11 is 0. The number of carbonyl (C=O) groups excluding carboxylic acids is 4. The van der Waals surface area contributed by atoms with E-state index in [-0.39, 0.29) is 56.2 Å². The van der Waals surface area contributed by atoms with Crippen molar-refractivity contribution in [1.29, 1.82) is 0 Å². The number of hydrogen-bond donors (Lipinski definition) is 2. The molecule has 0 aliphatic rings. The van der Waals surface area contributed by atoms with Gasteiger partial charge in [0.25, 0.3) is 6.29 Å². The fourth-order valence-corrected chi connectivity index (χ4v) is 5.46. The van der Waals surface area contributed by atoms with Crippen LogP contribution < -0.4 is 9.47 Å². The summed E-state index contributed by atoms with van der Waals surface area (Å²) in [6, 6.07) is 22.2. The minimum Gasteiger partial charge on any atom is -0.507 e. The number of rotatable bonds is 11. The predicted molar refractivity (Wildman–Crippen MR) is 181 cm³/mol. The summed E-state index contributed by atoms with van der Waals surface area (Å²) in [4.78, 5) is 52.9. The molecule has 5 aromatic rings. The van der Waals surface area contributed by atoms with E-state index in [9.17, 15) is 29.4 Å². The number of hydrogen-bond acceptors (Lipinski definition) is 8. The summed E-state index contributed by atoms with van der Waals surface area (Å²) in [6.45, 7) is 7.56. The van der Waals surface area contributed by atoms with E-state index >= 15 is 4.39 Å². The summed E-state index contributed by atoms with van der Waals surface area (Å²) in [5.74, 6) is -3.97. The quantitative estimate of drug-likeness (QED) is 0.107. The Labute approximate surface area is 282 Å². The van der Waals surface area contributed by atoms with Gasteiger partial charge in [-0.1, -0.05) is 48.0 Å². The molecular formula is C40H33FO8. The number of benzene rings is 5. The maximum atomic E-state index is 15.6. The number of ether oxygens (including phenoxy) is 2. The molecule has 49 heavy (non-hydrogen) atoms. The average molecular weight is 661 g/mol. The highest BCUT2D eigenvalue weighted by Gasteiger charge is 2.30. The summed E-state index contributed by atoms with van der Waals surface area (Å²) in [6.07, 6.45) is -1.66. The van der Waals surface area contributed by atoms with Crippen LogP contribution >= 0.6 is 0 Å². The van der Waals surface area contributed by atoms with E-state index in [2.05, 4.69) is 0 Å². The lowest BCUT2D eigenvalue weighted by molar-refractivity contribution is -0.000869. The molecular weight excluding hydrogens is 627 g/mol. The molecule has 0 aliphatic heterocycles. The van der Waals surface area contributed by atoms with E-state index in [1.165, 1.54) is 74.5 Å². The first-order valence-electron chi connectivity index (χ1n) is 15.3. The molecule has 0 aliphatic carbocycles. The third-order valence-electron chi connectivity index (χ3n) is 8.09. The molecule has 0 fully saturated rings. The number of carbonyl (C=O) groups is 4. The normalized spacial score (nSPS) is 11.5. The van der Waals surface area contributed by atoms with Crippen molar-refractivity contribution in [2.45, 2.75) is 40.9 Å². The lowest BCUT2D eigenvalue weighted by Crippen LogP contribution is -2.21. The van der Waals surface area contributed by atoms with E-state index in [1.54, 1.807) is 51.1 Å². The summed E-state index contributed by atoms with van der Waals surface area (Å²) in [7, 11) is 0. The van der Waals surface area contributed by atoms with Crippen LogP contribution in [0.3, 0.4) is 0 Å². The highest BCUT2D eigenvalue weighted by atomic mass is 19.1. The van der Waals surface area contributed by atoms with Crippen LogP contribution in [0.5, 0.6) is 23.0 Å². The first-order valence-corrected chi connectivity index (χ1v) is 15.3. The van der Waals surface area contributed by atoms with Crippen LogP contribution in [0.15, 0.2) is 91.0 Å². The third kappa shape index (κ3) is 6.82. The van der Waals surface area contributed by atoms with Crippen LogP contribution in [0.25, 0.3) is 0 Å². The molecule has 0 aromatic heterocycles. The Morgan fingerprint density at radius 1 is 0.571 bits per heavy atom. The van der Waals surface area contributed by atoms with E-state index < -0.39 is 41.0 Å². The second kappa shape index (κ2) is 13.9. The molecule has 0 saturated heterocycles. The number of aryl methyl sites for hydroxylation is 3. The van der Waals surface area contributed by atoms with Gasteiger partial charge in [0.1, 0.15) is 28.8 Å². The van der Waals surface area contributed by atoms with E-state index in [1.807, 2.05) is 0 Å². The summed E-state index contributed by atoms with van der Waals surface area (Å²) < 4.78 is 28.4. The monoisotopic (exact) mass is 660 g/mol. The molecule has 0 saturated carbocycles. The number of halogens is 1. The molecule has 248 valence electrons. The summed E-state index contributed by atoms with van der Waals surface area (Å²) in [5.41, 5.74) is 1.07. The van der Waals surface area contributed by atoms with Gasteiger partial charge in [0, 0.05) is 0 Å². The molecule has 9 heteroatoms. The zero-order chi connectivity index (χ0) is 35.6.